The summed E-state index contributed by atoms with van der Waals surface area (Å²) in [6.07, 6.45) is 0. The van der Waals surface area contributed by atoms with E-state index in [1.54, 1.807) is 6.07 Å². The molecular weight excluding hydrogens is 214 g/mol. The topological polar surface area (TPSA) is 107 Å². The first-order valence-electron chi connectivity index (χ1n) is 4.40. The van der Waals surface area contributed by atoms with Crippen LogP contribution in [0.25, 0.3) is 0 Å². The molecule has 7 nitrogen and oxygen atoms in total. The van der Waals surface area contributed by atoms with Crippen LogP contribution in [0.3, 0.4) is 0 Å². The van der Waals surface area contributed by atoms with Gasteiger partial charge in [-0.2, -0.15) is 0 Å². The summed E-state index contributed by atoms with van der Waals surface area (Å²) in [6.45, 7) is -0.152. The predicted molar refractivity (Wildman–Crippen MR) is 58.0 cm³/mol. The Bertz CT molecular complexity index is 419. The van der Waals surface area contributed by atoms with Gasteiger partial charge in [-0.1, -0.05) is 6.07 Å². The van der Waals surface area contributed by atoms with Gasteiger partial charge in [0.05, 0.1) is 12.0 Å². The first kappa shape index (κ1) is 11.8. The number of nitro benzene ring substituents is 1. The number of ether oxygens (including phenoxy) is 1. The maximum absolute atomic E-state index is 10.9. The number of nitro groups is 1. The number of carbonyl (C=O) groups excluding carboxylic acids is 1. The zero-order valence-electron chi connectivity index (χ0n) is 8.60. The van der Waals surface area contributed by atoms with Crippen molar-refractivity contribution < 1.29 is 14.5 Å². The van der Waals surface area contributed by atoms with E-state index < -0.39 is 10.9 Å². The van der Waals surface area contributed by atoms with Crippen LogP contribution in [0.2, 0.25) is 0 Å². The van der Waals surface area contributed by atoms with Crippen molar-refractivity contribution in [2.45, 2.75) is 0 Å². The summed E-state index contributed by atoms with van der Waals surface area (Å²) >= 11 is 0. The van der Waals surface area contributed by atoms with E-state index in [2.05, 4.69) is 10.1 Å². The standard InChI is InChI=1S/C9H11N3O4/c1-16-8(13)5-11-7-4-2-3-6(10)9(7)12(14)15/h2-4,11H,5,10H2,1H3. The Morgan fingerprint density at radius 2 is 2.31 bits per heavy atom. The minimum absolute atomic E-state index is 0.0415. The van der Waals surface area contributed by atoms with E-state index in [4.69, 9.17) is 5.73 Å². The number of benzene rings is 1. The molecule has 16 heavy (non-hydrogen) atoms. The van der Waals surface area contributed by atoms with Crippen LogP contribution in [0.15, 0.2) is 18.2 Å². The fourth-order valence-corrected chi connectivity index (χ4v) is 1.15. The van der Waals surface area contributed by atoms with Crippen LogP contribution >= 0.6 is 0 Å². The van der Waals surface area contributed by atoms with E-state index in [0.29, 0.717) is 0 Å². The average molecular weight is 225 g/mol. The summed E-state index contributed by atoms with van der Waals surface area (Å²) in [5.74, 6) is -0.517. The van der Waals surface area contributed by atoms with Crippen molar-refractivity contribution in [3.63, 3.8) is 0 Å². The molecule has 0 aromatic heterocycles. The number of nitrogens with two attached hydrogens (primary N) is 1. The molecule has 0 bridgehead atoms. The second kappa shape index (κ2) is 4.96. The first-order valence-corrected chi connectivity index (χ1v) is 4.40. The van der Waals surface area contributed by atoms with Gasteiger partial charge in [0, 0.05) is 0 Å². The van der Waals surface area contributed by atoms with Gasteiger partial charge in [-0.15, -0.1) is 0 Å². The maximum atomic E-state index is 10.9. The zero-order chi connectivity index (χ0) is 12.1. The van der Waals surface area contributed by atoms with Crippen molar-refractivity contribution in [3.05, 3.63) is 28.3 Å². The van der Waals surface area contributed by atoms with Crippen LogP contribution in [0.5, 0.6) is 0 Å². The third-order valence-electron chi connectivity index (χ3n) is 1.90. The molecule has 0 aliphatic carbocycles. The molecule has 86 valence electrons. The third kappa shape index (κ3) is 2.59. The number of methoxy groups -OCH3 is 1. The Morgan fingerprint density at radius 3 is 2.88 bits per heavy atom. The van der Waals surface area contributed by atoms with Crippen LogP contribution < -0.4 is 11.1 Å². The number of carbonyl (C=O) groups is 1. The van der Waals surface area contributed by atoms with E-state index in [1.165, 1.54) is 19.2 Å². The van der Waals surface area contributed by atoms with E-state index >= 15 is 0 Å². The van der Waals surface area contributed by atoms with Crippen LogP contribution in [0.1, 0.15) is 0 Å². The molecule has 0 fully saturated rings. The molecule has 0 unspecified atom stereocenters. The number of nitrogens with zero attached hydrogens (tertiary/aromatic N) is 1. The molecular formula is C9H11N3O4. The molecule has 0 saturated heterocycles. The minimum Gasteiger partial charge on any atom is -0.468 e. The van der Waals surface area contributed by atoms with E-state index in [1.807, 2.05) is 0 Å². The van der Waals surface area contributed by atoms with Crippen LogP contribution in [0, 0.1) is 10.1 Å². The normalized spacial score (nSPS) is 9.56. The van der Waals surface area contributed by atoms with Crippen molar-refractivity contribution in [3.8, 4) is 0 Å². The fourth-order valence-electron chi connectivity index (χ4n) is 1.15. The van der Waals surface area contributed by atoms with Gasteiger partial charge in [0.25, 0.3) is 0 Å². The van der Waals surface area contributed by atoms with E-state index in [9.17, 15) is 14.9 Å². The number of esters is 1. The Kier molecular flexibility index (Phi) is 3.65. The number of nitrogen functional groups attached to an aromatic ring is 1. The van der Waals surface area contributed by atoms with Gasteiger partial charge in [0.15, 0.2) is 0 Å². The minimum atomic E-state index is -0.602. The molecule has 0 heterocycles. The summed E-state index contributed by atoms with van der Waals surface area (Å²) in [5.41, 5.74) is 5.45. The number of para-hydroxylation sites is 1. The summed E-state index contributed by atoms with van der Waals surface area (Å²) in [7, 11) is 1.23. The Balaban J connectivity index is 2.91. The highest BCUT2D eigenvalue weighted by atomic mass is 16.6. The molecule has 0 spiro atoms. The van der Waals surface area contributed by atoms with Gasteiger partial charge in [-0.3, -0.25) is 14.9 Å². The van der Waals surface area contributed by atoms with Crippen molar-refractivity contribution in [2.75, 3.05) is 24.7 Å². The van der Waals surface area contributed by atoms with Gasteiger partial charge in [-0.05, 0) is 12.1 Å². The van der Waals surface area contributed by atoms with Crippen molar-refractivity contribution in [1.82, 2.24) is 0 Å². The van der Waals surface area contributed by atoms with Crippen molar-refractivity contribution >= 4 is 23.0 Å². The maximum Gasteiger partial charge on any atom is 0.325 e. The molecule has 0 amide bonds. The number of hydrogen-bond acceptors (Lipinski definition) is 6. The zero-order valence-corrected chi connectivity index (χ0v) is 8.60. The number of hydrogen-bond donors (Lipinski definition) is 2. The molecule has 0 saturated carbocycles. The lowest BCUT2D eigenvalue weighted by atomic mass is 10.2. The molecule has 3 N–H and O–H groups in total. The predicted octanol–water partition coefficient (Wildman–Crippen LogP) is 0.762. The molecule has 0 atom stereocenters. The quantitative estimate of drug-likeness (QED) is 0.339. The molecule has 0 aliphatic rings. The molecule has 1 rings (SSSR count). The average Bonchev–Trinajstić information content (AvgIpc) is 2.25. The van der Waals surface area contributed by atoms with Crippen molar-refractivity contribution in [1.29, 1.82) is 0 Å². The van der Waals surface area contributed by atoms with E-state index in [0.717, 1.165) is 0 Å². The Morgan fingerprint density at radius 1 is 1.62 bits per heavy atom. The number of rotatable bonds is 4. The molecule has 0 aliphatic heterocycles. The highest BCUT2D eigenvalue weighted by molar-refractivity contribution is 5.79. The largest absolute Gasteiger partial charge is 0.468 e. The van der Waals surface area contributed by atoms with Crippen LogP contribution in [-0.2, 0) is 9.53 Å². The smallest absolute Gasteiger partial charge is 0.325 e. The second-order valence-electron chi connectivity index (χ2n) is 2.93. The molecule has 0 radical (unpaired) electrons. The SMILES string of the molecule is COC(=O)CNc1cccc(N)c1[N+](=O)[O-]. The highest BCUT2D eigenvalue weighted by Gasteiger charge is 2.17. The summed E-state index contributed by atoms with van der Waals surface area (Å²) in [4.78, 5) is 21.0. The number of nitrogens with one attached hydrogen (secondary N) is 1. The van der Waals surface area contributed by atoms with Gasteiger partial charge in [0.1, 0.15) is 17.9 Å². The molecule has 1 aromatic carbocycles. The van der Waals surface area contributed by atoms with Crippen LogP contribution in [-0.4, -0.2) is 24.5 Å². The summed E-state index contributed by atoms with van der Waals surface area (Å²) in [5, 5.41) is 13.3. The Hall–Kier alpha value is -2.31. The second-order valence-corrected chi connectivity index (χ2v) is 2.93. The van der Waals surface area contributed by atoms with E-state index in [-0.39, 0.29) is 23.6 Å². The lowest BCUT2D eigenvalue weighted by Crippen LogP contribution is -2.16. The number of anilines is 2. The monoisotopic (exact) mass is 225 g/mol. The van der Waals surface area contributed by atoms with Gasteiger partial charge >= 0.3 is 11.7 Å². The van der Waals surface area contributed by atoms with Gasteiger partial charge in [-0.25, -0.2) is 0 Å². The van der Waals surface area contributed by atoms with Gasteiger partial charge < -0.3 is 15.8 Å². The lowest BCUT2D eigenvalue weighted by molar-refractivity contribution is -0.383. The molecule has 7 heteroatoms. The first-order chi connectivity index (χ1) is 7.56. The fraction of sp³-hybridized carbons (Fsp3) is 0.222. The third-order valence-corrected chi connectivity index (χ3v) is 1.90. The van der Waals surface area contributed by atoms with Crippen molar-refractivity contribution in [2.24, 2.45) is 0 Å². The van der Waals surface area contributed by atoms with Gasteiger partial charge in [0.2, 0.25) is 0 Å². The summed E-state index contributed by atoms with van der Waals surface area (Å²) < 4.78 is 4.40. The Labute approximate surface area is 91.3 Å². The summed E-state index contributed by atoms with van der Waals surface area (Å²) in [6, 6.07) is 4.45. The molecule has 1 aromatic rings. The highest BCUT2D eigenvalue weighted by Crippen LogP contribution is 2.30. The van der Waals surface area contributed by atoms with Crippen LogP contribution in [0.4, 0.5) is 17.1 Å². The lowest BCUT2D eigenvalue weighted by Gasteiger charge is -2.06.